The van der Waals surface area contributed by atoms with Crippen LogP contribution in [-0.4, -0.2) is 11.5 Å². The highest BCUT2D eigenvalue weighted by Crippen LogP contribution is 2.23. The lowest BCUT2D eigenvalue weighted by Crippen LogP contribution is -2.12. The van der Waals surface area contributed by atoms with Crippen LogP contribution in [0.2, 0.25) is 0 Å². The summed E-state index contributed by atoms with van der Waals surface area (Å²) in [7, 11) is 0. The van der Waals surface area contributed by atoms with E-state index in [0.717, 1.165) is 24.4 Å². The van der Waals surface area contributed by atoms with E-state index in [1.807, 2.05) is 6.92 Å². The molecule has 0 fully saturated rings. The highest BCUT2D eigenvalue weighted by molar-refractivity contribution is 5.31. The Kier molecular flexibility index (Phi) is 4.41. The van der Waals surface area contributed by atoms with Gasteiger partial charge in [-0.2, -0.15) is 0 Å². The smallest absolute Gasteiger partial charge is 0.162 e. The van der Waals surface area contributed by atoms with E-state index in [0.29, 0.717) is 12.3 Å². The standard InChI is InChI=1S/C14H14F2N2O/c1-2-17-9-10-7-12(5-6-18-10)19-11-3-4-13(15)14(16)8-11/h3-8,17H,2,9H2,1H3. The quantitative estimate of drug-likeness (QED) is 0.900. The number of pyridine rings is 1. The Morgan fingerprint density at radius 1 is 1.11 bits per heavy atom. The van der Waals surface area contributed by atoms with Gasteiger partial charge in [-0.1, -0.05) is 6.92 Å². The van der Waals surface area contributed by atoms with Crippen molar-refractivity contribution < 1.29 is 13.5 Å². The SMILES string of the molecule is CCNCc1cc(Oc2ccc(F)c(F)c2)ccn1. The number of nitrogens with zero attached hydrogens (tertiary/aromatic N) is 1. The van der Waals surface area contributed by atoms with Crippen LogP contribution in [0.3, 0.4) is 0 Å². The molecule has 0 radical (unpaired) electrons. The molecule has 1 aromatic heterocycles. The predicted molar refractivity (Wildman–Crippen MR) is 68.0 cm³/mol. The maximum absolute atomic E-state index is 13.1. The second kappa shape index (κ2) is 6.24. The lowest BCUT2D eigenvalue weighted by molar-refractivity contribution is 0.460. The topological polar surface area (TPSA) is 34.1 Å². The molecule has 0 amide bonds. The van der Waals surface area contributed by atoms with Crippen molar-refractivity contribution >= 4 is 0 Å². The van der Waals surface area contributed by atoms with Gasteiger partial charge >= 0.3 is 0 Å². The zero-order valence-corrected chi connectivity index (χ0v) is 10.5. The Morgan fingerprint density at radius 3 is 2.63 bits per heavy atom. The Hall–Kier alpha value is -2.01. The summed E-state index contributed by atoms with van der Waals surface area (Å²) < 4.78 is 31.3. The van der Waals surface area contributed by atoms with Gasteiger partial charge in [-0.25, -0.2) is 8.78 Å². The van der Waals surface area contributed by atoms with Gasteiger partial charge < -0.3 is 10.1 Å². The van der Waals surface area contributed by atoms with Crippen LogP contribution < -0.4 is 10.1 Å². The zero-order valence-electron chi connectivity index (χ0n) is 10.5. The summed E-state index contributed by atoms with van der Waals surface area (Å²) in [5.74, 6) is -1.04. The van der Waals surface area contributed by atoms with Crippen molar-refractivity contribution in [1.82, 2.24) is 10.3 Å². The fourth-order valence-electron chi connectivity index (χ4n) is 1.55. The van der Waals surface area contributed by atoms with Gasteiger partial charge in [0.25, 0.3) is 0 Å². The minimum absolute atomic E-state index is 0.250. The van der Waals surface area contributed by atoms with Crippen LogP contribution in [0.5, 0.6) is 11.5 Å². The predicted octanol–water partition coefficient (Wildman–Crippen LogP) is 3.26. The zero-order chi connectivity index (χ0) is 13.7. The molecule has 0 saturated carbocycles. The first kappa shape index (κ1) is 13.4. The van der Waals surface area contributed by atoms with Crippen molar-refractivity contribution in [3.05, 3.63) is 53.9 Å². The van der Waals surface area contributed by atoms with Crippen molar-refractivity contribution in [2.45, 2.75) is 13.5 Å². The monoisotopic (exact) mass is 264 g/mol. The summed E-state index contributed by atoms with van der Waals surface area (Å²) >= 11 is 0. The number of halogens is 2. The van der Waals surface area contributed by atoms with Gasteiger partial charge in [0.15, 0.2) is 11.6 Å². The molecule has 0 bridgehead atoms. The van der Waals surface area contributed by atoms with E-state index in [9.17, 15) is 8.78 Å². The molecule has 0 spiro atoms. The second-order valence-corrected chi connectivity index (χ2v) is 3.94. The fourth-order valence-corrected chi connectivity index (χ4v) is 1.55. The molecule has 1 N–H and O–H groups in total. The minimum atomic E-state index is -0.931. The first-order chi connectivity index (χ1) is 9.19. The third-order valence-corrected chi connectivity index (χ3v) is 2.47. The van der Waals surface area contributed by atoms with Gasteiger partial charge in [-0.05, 0) is 24.7 Å². The van der Waals surface area contributed by atoms with Crippen LogP contribution in [-0.2, 0) is 6.54 Å². The molecule has 3 nitrogen and oxygen atoms in total. The van der Waals surface area contributed by atoms with Crippen molar-refractivity contribution in [3.8, 4) is 11.5 Å². The van der Waals surface area contributed by atoms with E-state index in [1.54, 1.807) is 18.3 Å². The second-order valence-electron chi connectivity index (χ2n) is 3.94. The van der Waals surface area contributed by atoms with E-state index in [2.05, 4.69) is 10.3 Å². The molecule has 100 valence electrons. The molecule has 0 unspecified atom stereocenters. The van der Waals surface area contributed by atoms with E-state index in [1.165, 1.54) is 6.07 Å². The van der Waals surface area contributed by atoms with Crippen molar-refractivity contribution in [2.75, 3.05) is 6.54 Å². The van der Waals surface area contributed by atoms with E-state index in [-0.39, 0.29) is 5.75 Å². The molecule has 2 rings (SSSR count). The number of ether oxygens (including phenoxy) is 1. The van der Waals surface area contributed by atoms with Crippen LogP contribution >= 0.6 is 0 Å². The highest BCUT2D eigenvalue weighted by atomic mass is 19.2. The Morgan fingerprint density at radius 2 is 1.89 bits per heavy atom. The number of hydrogen-bond donors (Lipinski definition) is 1. The van der Waals surface area contributed by atoms with Crippen LogP contribution in [0, 0.1) is 11.6 Å². The number of rotatable bonds is 5. The molecule has 0 aliphatic heterocycles. The maximum atomic E-state index is 13.1. The molecule has 1 aromatic carbocycles. The summed E-state index contributed by atoms with van der Waals surface area (Å²) in [5, 5.41) is 3.14. The molecule has 0 aliphatic carbocycles. The third-order valence-electron chi connectivity index (χ3n) is 2.47. The van der Waals surface area contributed by atoms with Gasteiger partial charge in [0.05, 0.1) is 5.69 Å². The average Bonchev–Trinajstić information content (AvgIpc) is 2.41. The molecular weight excluding hydrogens is 250 g/mol. The summed E-state index contributed by atoms with van der Waals surface area (Å²) in [6, 6.07) is 6.84. The number of hydrogen-bond acceptors (Lipinski definition) is 3. The Balaban J connectivity index is 2.11. The molecule has 19 heavy (non-hydrogen) atoms. The summed E-state index contributed by atoms with van der Waals surface area (Å²) in [5.41, 5.74) is 0.821. The van der Waals surface area contributed by atoms with Gasteiger partial charge in [-0.15, -0.1) is 0 Å². The van der Waals surface area contributed by atoms with E-state index < -0.39 is 11.6 Å². The van der Waals surface area contributed by atoms with Gasteiger partial charge in [-0.3, -0.25) is 4.98 Å². The average molecular weight is 264 g/mol. The maximum Gasteiger partial charge on any atom is 0.162 e. The minimum Gasteiger partial charge on any atom is -0.457 e. The molecule has 5 heteroatoms. The fraction of sp³-hybridized carbons (Fsp3) is 0.214. The van der Waals surface area contributed by atoms with Crippen LogP contribution in [0.1, 0.15) is 12.6 Å². The Bertz CT molecular complexity index is 561. The molecule has 1 heterocycles. The van der Waals surface area contributed by atoms with Crippen molar-refractivity contribution in [1.29, 1.82) is 0 Å². The highest BCUT2D eigenvalue weighted by Gasteiger charge is 2.05. The molecule has 0 atom stereocenters. The van der Waals surface area contributed by atoms with Crippen LogP contribution in [0.25, 0.3) is 0 Å². The lowest BCUT2D eigenvalue weighted by atomic mass is 10.3. The summed E-state index contributed by atoms with van der Waals surface area (Å²) in [6.07, 6.45) is 1.61. The molecule has 0 saturated heterocycles. The summed E-state index contributed by atoms with van der Waals surface area (Å²) in [6.45, 7) is 3.48. The van der Waals surface area contributed by atoms with Gasteiger partial charge in [0.1, 0.15) is 11.5 Å². The lowest BCUT2D eigenvalue weighted by Gasteiger charge is -2.07. The number of aromatic nitrogens is 1. The van der Waals surface area contributed by atoms with Crippen LogP contribution in [0.15, 0.2) is 36.5 Å². The number of nitrogens with one attached hydrogen (secondary N) is 1. The first-order valence-electron chi connectivity index (χ1n) is 5.97. The molecule has 2 aromatic rings. The largest absolute Gasteiger partial charge is 0.457 e. The normalized spacial score (nSPS) is 10.5. The number of benzene rings is 1. The van der Waals surface area contributed by atoms with E-state index >= 15 is 0 Å². The van der Waals surface area contributed by atoms with E-state index in [4.69, 9.17) is 4.74 Å². The van der Waals surface area contributed by atoms with Crippen LogP contribution in [0.4, 0.5) is 8.78 Å². The van der Waals surface area contributed by atoms with Gasteiger partial charge in [0, 0.05) is 24.9 Å². The Labute approximate surface area is 110 Å². The summed E-state index contributed by atoms with van der Waals surface area (Å²) in [4.78, 5) is 4.17. The van der Waals surface area contributed by atoms with Crippen molar-refractivity contribution in [2.24, 2.45) is 0 Å². The van der Waals surface area contributed by atoms with Crippen molar-refractivity contribution in [3.63, 3.8) is 0 Å². The molecule has 0 aliphatic rings. The van der Waals surface area contributed by atoms with Gasteiger partial charge in [0.2, 0.25) is 0 Å². The third kappa shape index (κ3) is 3.72. The molecular formula is C14H14F2N2O. The first-order valence-corrected chi connectivity index (χ1v) is 5.97.